The van der Waals surface area contributed by atoms with E-state index < -0.39 is 24.4 Å². The number of carbonyl (C=O) groups is 3. The molecule has 0 aliphatic heterocycles. The molecule has 0 saturated carbocycles. The van der Waals surface area contributed by atoms with Crippen molar-refractivity contribution in [3.63, 3.8) is 0 Å². The molecule has 27 heavy (non-hydrogen) atoms. The number of carbonyl (C=O) groups excluding carboxylic acids is 3. The van der Waals surface area contributed by atoms with Crippen molar-refractivity contribution < 1.29 is 23.5 Å². The van der Waals surface area contributed by atoms with Crippen LogP contribution in [0.2, 0.25) is 0 Å². The van der Waals surface area contributed by atoms with Crippen molar-refractivity contribution in [1.29, 1.82) is 0 Å². The van der Waals surface area contributed by atoms with Gasteiger partial charge < -0.3 is 9.15 Å². The summed E-state index contributed by atoms with van der Waals surface area (Å²) in [6, 6.07) is 19.2. The molecule has 0 saturated heterocycles. The fraction of sp³-hybridized carbons (Fsp3) is 0.0500. The molecular formula is C20H16N2O5. The van der Waals surface area contributed by atoms with Crippen LogP contribution in [0.1, 0.15) is 20.9 Å². The summed E-state index contributed by atoms with van der Waals surface area (Å²) in [5, 5.41) is 0. The number of esters is 1. The van der Waals surface area contributed by atoms with Gasteiger partial charge in [0.15, 0.2) is 6.61 Å². The topological polar surface area (TPSA) is 97.6 Å². The SMILES string of the molecule is O=C(COC(=O)c1occc1-c1ccccc1)NNC(=O)c1ccccc1. The molecule has 7 heteroatoms. The average molecular weight is 364 g/mol. The second kappa shape index (κ2) is 8.48. The number of amides is 2. The molecule has 2 aromatic carbocycles. The Hall–Kier alpha value is -3.87. The molecule has 0 radical (unpaired) electrons. The largest absolute Gasteiger partial charge is 0.457 e. The van der Waals surface area contributed by atoms with Gasteiger partial charge in [0.25, 0.3) is 11.8 Å². The lowest BCUT2D eigenvalue weighted by Gasteiger charge is -2.08. The zero-order valence-electron chi connectivity index (χ0n) is 14.2. The summed E-state index contributed by atoms with van der Waals surface area (Å²) in [6.45, 7) is -0.567. The molecule has 2 N–H and O–H groups in total. The lowest BCUT2D eigenvalue weighted by atomic mass is 10.1. The minimum atomic E-state index is -0.775. The Morgan fingerprint density at radius 2 is 1.52 bits per heavy atom. The molecule has 0 aliphatic carbocycles. The zero-order valence-corrected chi connectivity index (χ0v) is 14.2. The van der Waals surface area contributed by atoms with Gasteiger partial charge in [-0.1, -0.05) is 48.5 Å². The summed E-state index contributed by atoms with van der Waals surface area (Å²) >= 11 is 0. The zero-order chi connectivity index (χ0) is 19.1. The maximum Gasteiger partial charge on any atom is 0.375 e. The highest BCUT2D eigenvalue weighted by atomic mass is 16.5. The van der Waals surface area contributed by atoms with Crippen LogP contribution in [0.25, 0.3) is 11.1 Å². The summed E-state index contributed by atoms with van der Waals surface area (Å²) in [5.74, 6) is -1.93. The maximum atomic E-state index is 12.2. The van der Waals surface area contributed by atoms with E-state index in [2.05, 4.69) is 10.9 Å². The summed E-state index contributed by atoms with van der Waals surface area (Å²) in [5.41, 5.74) is 6.17. The lowest BCUT2D eigenvalue weighted by Crippen LogP contribution is -2.43. The minimum Gasteiger partial charge on any atom is -0.457 e. The molecule has 0 fully saturated rings. The van der Waals surface area contributed by atoms with E-state index in [1.807, 2.05) is 30.3 Å². The van der Waals surface area contributed by atoms with Gasteiger partial charge in [-0.2, -0.15) is 0 Å². The molecule has 0 aliphatic rings. The van der Waals surface area contributed by atoms with Crippen molar-refractivity contribution in [2.45, 2.75) is 0 Å². The molecule has 0 bridgehead atoms. The van der Waals surface area contributed by atoms with Gasteiger partial charge in [0.05, 0.1) is 6.26 Å². The van der Waals surface area contributed by atoms with E-state index >= 15 is 0 Å². The number of hydrogen-bond acceptors (Lipinski definition) is 5. The van der Waals surface area contributed by atoms with Crippen LogP contribution in [0, 0.1) is 0 Å². The fourth-order valence-corrected chi connectivity index (χ4v) is 2.33. The Labute approximate surface area is 154 Å². The number of rotatable bonds is 5. The Morgan fingerprint density at radius 3 is 2.22 bits per heavy atom. The Bertz CT molecular complexity index is 935. The number of ether oxygens (including phenoxy) is 1. The summed E-state index contributed by atoms with van der Waals surface area (Å²) < 4.78 is 10.1. The van der Waals surface area contributed by atoms with E-state index in [0.29, 0.717) is 11.1 Å². The van der Waals surface area contributed by atoms with Crippen LogP contribution in [0.3, 0.4) is 0 Å². The van der Waals surface area contributed by atoms with Crippen LogP contribution in [-0.4, -0.2) is 24.4 Å². The smallest absolute Gasteiger partial charge is 0.375 e. The van der Waals surface area contributed by atoms with Crippen molar-refractivity contribution in [1.82, 2.24) is 10.9 Å². The molecule has 3 aromatic rings. The van der Waals surface area contributed by atoms with Crippen LogP contribution in [0.15, 0.2) is 77.4 Å². The number of benzene rings is 2. The summed E-state index contributed by atoms with van der Waals surface area (Å²) in [4.78, 5) is 35.8. The monoisotopic (exact) mass is 364 g/mol. The van der Waals surface area contributed by atoms with E-state index in [1.165, 1.54) is 6.26 Å². The molecule has 3 rings (SSSR count). The molecule has 1 aromatic heterocycles. The molecule has 0 unspecified atom stereocenters. The first-order chi connectivity index (χ1) is 13.1. The number of hydrogen-bond donors (Lipinski definition) is 2. The third-order valence-corrected chi connectivity index (χ3v) is 3.62. The van der Waals surface area contributed by atoms with Crippen LogP contribution < -0.4 is 10.9 Å². The van der Waals surface area contributed by atoms with Gasteiger partial charge in [0, 0.05) is 11.1 Å². The predicted octanol–water partition coefficient (Wildman–Crippen LogP) is 2.56. The second-order valence-electron chi connectivity index (χ2n) is 5.47. The summed E-state index contributed by atoms with van der Waals surface area (Å²) in [7, 11) is 0. The Kier molecular flexibility index (Phi) is 5.64. The highest BCUT2D eigenvalue weighted by Crippen LogP contribution is 2.25. The third-order valence-electron chi connectivity index (χ3n) is 3.62. The number of furan rings is 1. The standard InChI is InChI=1S/C20H16N2O5/c23-17(21-22-19(24)15-9-5-2-6-10-15)13-27-20(25)18-16(11-12-26-18)14-7-3-1-4-8-14/h1-12H,13H2,(H,21,23)(H,22,24). The maximum absolute atomic E-state index is 12.2. The Balaban J connectivity index is 1.52. The van der Waals surface area contributed by atoms with E-state index in [1.54, 1.807) is 36.4 Å². The third kappa shape index (κ3) is 4.60. The molecule has 2 amide bonds. The van der Waals surface area contributed by atoms with Crippen LogP contribution >= 0.6 is 0 Å². The number of nitrogens with one attached hydrogen (secondary N) is 2. The van der Waals surface area contributed by atoms with Crippen molar-refractivity contribution in [3.8, 4) is 11.1 Å². The van der Waals surface area contributed by atoms with E-state index in [0.717, 1.165) is 5.56 Å². The molecule has 0 atom stereocenters. The van der Waals surface area contributed by atoms with Gasteiger partial charge in [-0.25, -0.2) is 4.79 Å². The van der Waals surface area contributed by atoms with Crippen LogP contribution in [-0.2, 0) is 9.53 Å². The average Bonchev–Trinajstić information content (AvgIpc) is 3.21. The van der Waals surface area contributed by atoms with Crippen LogP contribution in [0.5, 0.6) is 0 Å². The van der Waals surface area contributed by atoms with Crippen molar-refractivity contribution >= 4 is 17.8 Å². The summed E-state index contributed by atoms with van der Waals surface area (Å²) in [6.07, 6.45) is 1.37. The van der Waals surface area contributed by atoms with Gasteiger partial charge in [0.1, 0.15) is 0 Å². The fourth-order valence-electron chi connectivity index (χ4n) is 2.33. The second-order valence-corrected chi connectivity index (χ2v) is 5.47. The van der Waals surface area contributed by atoms with E-state index in [9.17, 15) is 14.4 Å². The highest BCUT2D eigenvalue weighted by Gasteiger charge is 2.19. The quantitative estimate of drug-likeness (QED) is 0.536. The van der Waals surface area contributed by atoms with Crippen molar-refractivity contribution in [2.75, 3.05) is 6.61 Å². The molecule has 0 spiro atoms. The lowest BCUT2D eigenvalue weighted by molar-refractivity contribution is -0.125. The van der Waals surface area contributed by atoms with Gasteiger partial charge in [0.2, 0.25) is 5.76 Å². The molecule has 7 nitrogen and oxygen atoms in total. The first-order valence-electron chi connectivity index (χ1n) is 8.09. The van der Waals surface area contributed by atoms with Gasteiger partial charge in [-0.15, -0.1) is 0 Å². The molecular weight excluding hydrogens is 348 g/mol. The van der Waals surface area contributed by atoms with Gasteiger partial charge in [-0.3, -0.25) is 20.4 Å². The highest BCUT2D eigenvalue weighted by molar-refractivity contribution is 5.97. The molecule has 136 valence electrons. The van der Waals surface area contributed by atoms with Gasteiger partial charge in [-0.05, 0) is 23.8 Å². The van der Waals surface area contributed by atoms with Crippen molar-refractivity contribution in [2.24, 2.45) is 0 Å². The molecule has 1 heterocycles. The Morgan fingerprint density at radius 1 is 0.852 bits per heavy atom. The van der Waals surface area contributed by atoms with Crippen LogP contribution in [0.4, 0.5) is 0 Å². The first-order valence-corrected chi connectivity index (χ1v) is 8.09. The van der Waals surface area contributed by atoms with E-state index in [4.69, 9.17) is 9.15 Å². The minimum absolute atomic E-state index is 0.00215. The van der Waals surface area contributed by atoms with E-state index in [-0.39, 0.29) is 5.76 Å². The van der Waals surface area contributed by atoms with Gasteiger partial charge >= 0.3 is 5.97 Å². The number of hydrazine groups is 1. The predicted molar refractivity (Wildman–Crippen MR) is 96.5 cm³/mol. The first kappa shape index (κ1) is 17.9. The van der Waals surface area contributed by atoms with Crippen molar-refractivity contribution in [3.05, 3.63) is 84.3 Å². The normalized spacial score (nSPS) is 10.1.